The largest absolute Gasteiger partial charge is 0.468 e. The number of halogens is 1. The topological polar surface area (TPSA) is 111 Å². The summed E-state index contributed by atoms with van der Waals surface area (Å²) in [6.45, 7) is -0.151. The van der Waals surface area contributed by atoms with Crippen LogP contribution in [0.15, 0.2) is 24.3 Å². The molecule has 0 spiro atoms. The quantitative estimate of drug-likeness (QED) is 0.651. The van der Waals surface area contributed by atoms with E-state index in [2.05, 4.69) is 15.4 Å². The van der Waals surface area contributed by atoms with Crippen molar-refractivity contribution < 1.29 is 19.1 Å². The number of anilines is 1. The van der Waals surface area contributed by atoms with Crippen LogP contribution in [0.3, 0.4) is 0 Å². The Kier molecular flexibility index (Phi) is 7.86. The van der Waals surface area contributed by atoms with E-state index >= 15 is 0 Å². The highest BCUT2D eigenvalue weighted by Crippen LogP contribution is 2.28. The summed E-state index contributed by atoms with van der Waals surface area (Å²) in [5, 5.41) is 5.30. The van der Waals surface area contributed by atoms with Crippen molar-refractivity contribution in [1.82, 2.24) is 5.32 Å². The zero-order valence-corrected chi connectivity index (χ0v) is 15.0. The van der Waals surface area contributed by atoms with Gasteiger partial charge in [-0.2, -0.15) is 0 Å². The molecule has 7 nitrogen and oxygen atoms in total. The molecule has 138 valence electrons. The first-order valence-electron chi connectivity index (χ1n) is 7.96. The molecule has 1 saturated carbocycles. The van der Waals surface area contributed by atoms with Crippen LogP contribution < -0.4 is 16.4 Å². The van der Waals surface area contributed by atoms with Gasteiger partial charge < -0.3 is 21.1 Å². The van der Waals surface area contributed by atoms with Gasteiger partial charge in [0.05, 0.1) is 19.1 Å². The molecule has 0 aliphatic heterocycles. The summed E-state index contributed by atoms with van der Waals surface area (Å²) in [7, 11) is 1.26. The predicted molar refractivity (Wildman–Crippen MR) is 96.4 cm³/mol. The lowest BCUT2D eigenvalue weighted by molar-refractivity contribution is -0.141. The van der Waals surface area contributed by atoms with Crippen LogP contribution in [0.5, 0.6) is 0 Å². The third kappa shape index (κ3) is 6.03. The van der Waals surface area contributed by atoms with Crippen molar-refractivity contribution in [2.75, 3.05) is 19.0 Å². The number of esters is 1. The van der Waals surface area contributed by atoms with Gasteiger partial charge in [-0.15, -0.1) is 12.4 Å². The molecule has 8 heteroatoms. The number of methoxy groups -OCH3 is 1. The minimum absolute atomic E-state index is 0. The van der Waals surface area contributed by atoms with Gasteiger partial charge in [-0.05, 0) is 30.5 Å². The van der Waals surface area contributed by atoms with Crippen molar-refractivity contribution >= 4 is 35.9 Å². The zero-order valence-electron chi connectivity index (χ0n) is 14.2. The molecule has 4 N–H and O–H groups in total. The Balaban J connectivity index is 0.00000312. The molecule has 0 unspecified atom stereocenters. The maximum atomic E-state index is 12.2. The number of ether oxygens (including phenoxy) is 1. The molecule has 0 aromatic heterocycles. The van der Waals surface area contributed by atoms with E-state index < -0.39 is 11.5 Å². The summed E-state index contributed by atoms with van der Waals surface area (Å²) in [4.78, 5) is 34.9. The lowest BCUT2D eigenvalue weighted by atomic mass is 9.98. The van der Waals surface area contributed by atoms with Gasteiger partial charge in [0.25, 0.3) is 0 Å². The fourth-order valence-corrected chi connectivity index (χ4v) is 2.69. The van der Waals surface area contributed by atoms with Crippen LogP contribution in [0.1, 0.15) is 31.2 Å². The second kappa shape index (κ2) is 9.39. The number of carbonyl (C=O) groups is 3. The van der Waals surface area contributed by atoms with Crippen molar-refractivity contribution in [3.8, 4) is 0 Å². The first-order chi connectivity index (χ1) is 11.4. The fraction of sp³-hybridized carbons (Fsp3) is 0.471. The average Bonchev–Trinajstić information content (AvgIpc) is 3.02. The number of nitrogens with one attached hydrogen (secondary N) is 2. The number of amides is 2. The number of rotatable bonds is 6. The van der Waals surface area contributed by atoms with Crippen LogP contribution in [0.4, 0.5) is 5.69 Å². The Morgan fingerprint density at radius 1 is 1.16 bits per heavy atom. The van der Waals surface area contributed by atoms with Gasteiger partial charge in [-0.1, -0.05) is 25.0 Å². The van der Waals surface area contributed by atoms with Gasteiger partial charge in [0.1, 0.15) is 6.54 Å². The number of hydrogen-bond donors (Lipinski definition) is 3. The van der Waals surface area contributed by atoms with Gasteiger partial charge in [-0.25, -0.2) is 0 Å². The predicted octanol–water partition coefficient (Wildman–Crippen LogP) is 1.15. The first kappa shape index (κ1) is 20.9. The maximum absolute atomic E-state index is 12.2. The number of carbonyl (C=O) groups excluding carboxylic acids is 3. The van der Waals surface area contributed by atoms with E-state index in [0.717, 1.165) is 18.4 Å². The van der Waals surface area contributed by atoms with Gasteiger partial charge >= 0.3 is 5.97 Å². The lowest BCUT2D eigenvalue weighted by Crippen LogP contribution is -2.48. The van der Waals surface area contributed by atoms with Gasteiger partial charge in [0.2, 0.25) is 11.8 Å². The van der Waals surface area contributed by atoms with E-state index in [-0.39, 0.29) is 37.2 Å². The Hall–Kier alpha value is -2.12. The molecule has 0 saturated heterocycles. The molecular weight excluding hydrogens is 346 g/mol. The van der Waals surface area contributed by atoms with Crippen molar-refractivity contribution in [3.05, 3.63) is 29.8 Å². The highest BCUT2D eigenvalue weighted by Gasteiger charge is 2.36. The highest BCUT2D eigenvalue weighted by molar-refractivity contribution is 5.98. The Labute approximate surface area is 153 Å². The molecule has 2 rings (SSSR count). The van der Waals surface area contributed by atoms with Crippen LogP contribution >= 0.6 is 12.4 Å². The summed E-state index contributed by atoms with van der Waals surface area (Å²) in [5.74, 6) is -0.934. The van der Waals surface area contributed by atoms with Crippen LogP contribution in [0, 0.1) is 0 Å². The second-order valence-electron chi connectivity index (χ2n) is 6.04. The smallest absolute Gasteiger partial charge is 0.325 e. The van der Waals surface area contributed by atoms with Crippen LogP contribution in [-0.2, 0) is 25.5 Å². The average molecular weight is 370 g/mol. The lowest BCUT2D eigenvalue weighted by Gasteiger charge is -2.22. The minimum atomic E-state index is -0.771. The van der Waals surface area contributed by atoms with Crippen molar-refractivity contribution in [1.29, 1.82) is 0 Å². The summed E-state index contributed by atoms with van der Waals surface area (Å²) in [5.41, 5.74) is 6.77. The van der Waals surface area contributed by atoms with Gasteiger partial charge in [-0.3, -0.25) is 14.4 Å². The van der Waals surface area contributed by atoms with Gasteiger partial charge in [0, 0.05) is 5.69 Å². The normalized spacial score (nSPS) is 15.0. The van der Waals surface area contributed by atoms with Crippen molar-refractivity contribution in [2.45, 2.75) is 37.6 Å². The monoisotopic (exact) mass is 369 g/mol. The van der Waals surface area contributed by atoms with E-state index in [1.165, 1.54) is 7.11 Å². The Morgan fingerprint density at radius 2 is 1.76 bits per heavy atom. The molecule has 1 aromatic rings. The van der Waals surface area contributed by atoms with E-state index in [1.807, 2.05) is 0 Å². The molecule has 25 heavy (non-hydrogen) atoms. The standard InChI is InChI=1S/C17H23N3O4.ClH/c1-24-15(22)11-19-14(21)10-12-4-6-13(7-5-12)20-16(23)17(18)8-2-3-9-17;/h4-7H,2-3,8-11,18H2,1H3,(H,19,21)(H,20,23);1H. The number of hydrogen-bond acceptors (Lipinski definition) is 5. The third-order valence-electron chi connectivity index (χ3n) is 4.18. The van der Waals surface area contributed by atoms with Gasteiger partial charge in [0.15, 0.2) is 0 Å². The van der Waals surface area contributed by atoms with E-state index in [0.29, 0.717) is 18.5 Å². The minimum Gasteiger partial charge on any atom is -0.468 e. The SMILES string of the molecule is COC(=O)CNC(=O)Cc1ccc(NC(=O)C2(N)CCCC2)cc1.Cl. The number of benzene rings is 1. The number of nitrogens with two attached hydrogens (primary N) is 1. The molecule has 0 bridgehead atoms. The summed E-state index contributed by atoms with van der Waals surface area (Å²) >= 11 is 0. The molecule has 1 fully saturated rings. The highest BCUT2D eigenvalue weighted by atomic mass is 35.5. The third-order valence-corrected chi connectivity index (χ3v) is 4.18. The second-order valence-corrected chi connectivity index (χ2v) is 6.04. The fourth-order valence-electron chi connectivity index (χ4n) is 2.69. The Morgan fingerprint density at radius 3 is 2.32 bits per heavy atom. The first-order valence-corrected chi connectivity index (χ1v) is 7.96. The summed E-state index contributed by atoms with van der Waals surface area (Å²) < 4.78 is 4.45. The molecule has 1 aliphatic rings. The summed E-state index contributed by atoms with van der Waals surface area (Å²) in [6.07, 6.45) is 3.51. The van der Waals surface area contributed by atoms with E-state index in [4.69, 9.17) is 5.73 Å². The van der Waals surface area contributed by atoms with Crippen molar-refractivity contribution in [2.24, 2.45) is 5.73 Å². The van der Waals surface area contributed by atoms with E-state index in [1.54, 1.807) is 24.3 Å². The summed E-state index contributed by atoms with van der Waals surface area (Å²) in [6, 6.07) is 6.98. The van der Waals surface area contributed by atoms with E-state index in [9.17, 15) is 14.4 Å². The molecule has 0 radical (unpaired) electrons. The van der Waals surface area contributed by atoms with Crippen LogP contribution in [0.2, 0.25) is 0 Å². The van der Waals surface area contributed by atoms with Crippen LogP contribution in [0.25, 0.3) is 0 Å². The molecule has 1 aliphatic carbocycles. The molecule has 0 atom stereocenters. The molecule has 1 aromatic carbocycles. The van der Waals surface area contributed by atoms with Crippen LogP contribution in [-0.4, -0.2) is 37.0 Å². The van der Waals surface area contributed by atoms with Crippen molar-refractivity contribution in [3.63, 3.8) is 0 Å². The molecular formula is C17H24ClN3O4. The molecule has 2 amide bonds. The maximum Gasteiger partial charge on any atom is 0.325 e. The Bertz CT molecular complexity index is 613. The zero-order chi connectivity index (χ0) is 17.6. The molecule has 0 heterocycles.